The molecule has 1 aromatic heterocycles. The van der Waals surface area contributed by atoms with Gasteiger partial charge in [0.15, 0.2) is 11.8 Å². The van der Waals surface area contributed by atoms with Crippen LogP contribution in [0.1, 0.15) is 16.7 Å². The predicted octanol–water partition coefficient (Wildman–Crippen LogP) is 3.99. The van der Waals surface area contributed by atoms with E-state index in [-0.39, 0.29) is 24.0 Å². The van der Waals surface area contributed by atoms with Crippen molar-refractivity contribution in [1.82, 2.24) is 25.8 Å². The lowest BCUT2D eigenvalue weighted by Gasteiger charge is -2.14. The fraction of sp³-hybridized carbons (Fsp3) is 0.250. The molecule has 3 N–H and O–H groups in total. The van der Waals surface area contributed by atoms with Crippen LogP contribution in [-0.2, 0) is 13.1 Å². The SMILES string of the molecule is CN=C(NCc1cccc(-c2ncn[nH]2)c1)NCc1ccc(C)cc1SC.I. The number of nitrogens with one attached hydrogen (secondary N) is 3. The van der Waals surface area contributed by atoms with E-state index < -0.39 is 0 Å². The van der Waals surface area contributed by atoms with Gasteiger partial charge in [-0.05, 0) is 42.0 Å². The summed E-state index contributed by atoms with van der Waals surface area (Å²) in [7, 11) is 1.78. The normalized spacial score (nSPS) is 11.0. The molecule has 2 aromatic carbocycles. The van der Waals surface area contributed by atoms with E-state index in [0.29, 0.717) is 6.54 Å². The standard InChI is InChI=1S/C20H24N6S.HI/c1-14-7-8-17(18(9-14)27-3)12-23-20(21-2)22-11-15-5-4-6-16(10-15)19-24-13-25-26-19;/h4-10,13H,11-12H2,1-3H3,(H2,21,22,23)(H,24,25,26);1H. The van der Waals surface area contributed by atoms with Gasteiger partial charge in [-0.2, -0.15) is 5.10 Å². The minimum atomic E-state index is 0. The number of nitrogens with zero attached hydrogens (tertiary/aromatic N) is 3. The summed E-state index contributed by atoms with van der Waals surface area (Å²) in [4.78, 5) is 9.81. The van der Waals surface area contributed by atoms with Crippen molar-refractivity contribution in [1.29, 1.82) is 0 Å². The maximum Gasteiger partial charge on any atom is 0.191 e. The Bertz CT molecular complexity index is 911. The lowest BCUT2D eigenvalue weighted by molar-refractivity contribution is 0.801. The number of hydrogen-bond donors (Lipinski definition) is 3. The molecule has 0 spiro atoms. The van der Waals surface area contributed by atoms with Gasteiger partial charge in [0.2, 0.25) is 0 Å². The Morgan fingerprint density at radius 3 is 2.68 bits per heavy atom. The highest BCUT2D eigenvalue weighted by Crippen LogP contribution is 2.21. The maximum atomic E-state index is 4.32. The van der Waals surface area contributed by atoms with Gasteiger partial charge in [0.05, 0.1) is 0 Å². The molecule has 6 nitrogen and oxygen atoms in total. The number of halogens is 1. The number of aromatic nitrogens is 3. The van der Waals surface area contributed by atoms with Crippen molar-refractivity contribution in [2.75, 3.05) is 13.3 Å². The van der Waals surface area contributed by atoms with Gasteiger partial charge < -0.3 is 10.6 Å². The number of aromatic amines is 1. The van der Waals surface area contributed by atoms with E-state index in [9.17, 15) is 0 Å². The molecule has 148 valence electrons. The van der Waals surface area contributed by atoms with Crippen LogP contribution < -0.4 is 10.6 Å². The van der Waals surface area contributed by atoms with E-state index >= 15 is 0 Å². The summed E-state index contributed by atoms with van der Waals surface area (Å²) in [5, 5.41) is 13.5. The zero-order chi connectivity index (χ0) is 19.1. The topological polar surface area (TPSA) is 78.0 Å². The third kappa shape index (κ3) is 5.96. The van der Waals surface area contributed by atoms with Crippen LogP contribution in [0, 0.1) is 6.92 Å². The largest absolute Gasteiger partial charge is 0.352 e. The van der Waals surface area contributed by atoms with Crippen LogP contribution >= 0.6 is 35.7 Å². The summed E-state index contributed by atoms with van der Waals surface area (Å²) in [5.41, 5.74) is 4.70. The first kappa shape index (κ1) is 22.2. The molecule has 1 heterocycles. The van der Waals surface area contributed by atoms with Crippen molar-refractivity contribution < 1.29 is 0 Å². The highest BCUT2D eigenvalue weighted by molar-refractivity contribution is 14.0. The molecule has 0 aliphatic rings. The molecule has 0 bridgehead atoms. The Morgan fingerprint density at radius 1 is 1.14 bits per heavy atom. The number of thioether (sulfide) groups is 1. The third-order valence-corrected chi connectivity index (χ3v) is 5.01. The molecule has 28 heavy (non-hydrogen) atoms. The van der Waals surface area contributed by atoms with Gasteiger partial charge in [0, 0.05) is 30.6 Å². The fourth-order valence-corrected chi connectivity index (χ4v) is 3.46. The molecule has 3 aromatic rings. The van der Waals surface area contributed by atoms with Gasteiger partial charge in [-0.1, -0.05) is 30.3 Å². The molecule has 0 aliphatic heterocycles. The van der Waals surface area contributed by atoms with Crippen molar-refractivity contribution in [3.63, 3.8) is 0 Å². The monoisotopic (exact) mass is 508 g/mol. The summed E-state index contributed by atoms with van der Waals surface area (Å²) >= 11 is 1.77. The highest BCUT2D eigenvalue weighted by atomic mass is 127. The van der Waals surface area contributed by atoms with Crippen LogP contribution in [0.15, 0.2) is 58.7 Å². The van der Waals surface area contributed by atoms with E-state index in [1.165, 1.54) is 22.3 Å². The third-order valence-electron chi connectivity index (χ3n) is 4.19. The van der Waals surface area contributed by atoms with Crippen molar-refractivity contribution in [3.05, 3.63) is 65.5 Å². The zero-order valence-electron chi connectivity index (χ0n) is 16.2. The summed E-state index contributed by atoms with van der Waals surface area (Å²) in [6.45, 7) is 3.52. The van der Waals surface area contributed by atoms with Crippen LogP contribution in [-0.4, -0.2) is 34.4 Å². The number of aliphatic imine (C=N–C) groups is 1. The minimum absolute atomic E-state index is 0. The van der Waals surface area contributed by atoms with Crippen LogP contribution in [0.5, 0.6) is 0 Å². The van der Waals surface area contributed by atoms with E-state index in [0.717, 1.165) is 29.5 Å². The fourth-order valence-electron chi connectivity index (χ4n) is 2.76. The molecule has 0 saturated carbocycles. The van der Waals surface area contributed by atoms with Crippen LogP contribution in [0.4, 0.5) is 0 Å². The van der Waals surface area contributed by atoms with Gasteiger partial charge in [-0.25, -0.2) is 4.98 Å². The molecule has 0 radical (unpaired) electrons. The smallest absolute Gasteiger partial charge is 0.191 e. The van der Waals surface area contributed by atoms with Crippen molar-refractivity contribution in [3.8, 4) is 11.4 Å². The van der Waals surface area contributed by atoms with E-state index in [1.807, 2.05) is 12.1 Å². The summed E-state index contributed by atoms with van der Waals surface area (Å²) in [6.07, 6.45) is 3.62. The van der Waals surface area contributed by atoms with Crippen LogP contribution in [0.25, 0.3) is 11.4 Å². The van der Waals surface area contributed by atoms with E-state index in [1.54, 1.807) is 18.8 Å². The Morgan fingerprint density at radius 2 is 1.96 bits per heavy atom. The maximum absolute atomic E-state index is 4.32. The average molecular weight is 508 g/mol. The number of aryl methyl sites for hydroxylation is 1. The molecule has 3 rings (SSSR count). The van der Waals surface area contributed by atoms with Crippen LogP contribution in [0.2, 0.25) is 0 Å². The molecule has 0 atom stereocenters. The molecule has 0 unspecified atom stereocenters. The Labute approximate surface area is 187 Å². The first-order valence-electron chi connectivity index (χ1n) is 8.72. The molecule has 0 saturated heterocycles. The van der Waals surface area contributed by atoms with Gasteiger partial charge in [0.25, 0.3) is 0 Å². The summed E-state index contributed by atoms with van der Waals surface area (Å²) < 4.78 is 0. The summed E-state index contributed by atoms with van der Waals surface area (Å²) in [6, 6.07) is 14.7. The lowest BCUT2D eigenvalue weighted by Crippen LogP contribution is -2.36. The molecule has 0 amide bonds. The van der Waals surface area contributed by atoms with Gasteiger partial charge in [-0.3, -0.25) is 10.1 Å². The molecule has 0 fully saturated rings. The second-order valence-corrected chi connectivity index (χ2v) is 6.98. The second-order valence-electron chi connectivity index (χ2n) is 6.13. The summed E-state index contributed by atoms with van der Waals surface area (Å²) in [5.74, 6) is 1.54. The van der Waals surface area contributed by atoms with E-state index in [4.69, 9.17) is 0 Å². The van der Waals surface area contributed by atoms with Crippen molar-refractivity contribution in [2.24, 2.45) is 4.99 Å². The second kappa shape index (κ2) is 11.1. The van der Waals surface area contributed by atoms with E-state index in [2.05, 4.69) is 74.3 Å². The Kier molecular flexibility index (Phi) is 8.78. The first-order chi connectivity index (χ1) is 13.2. The van der Waals surface area contributed by atoms with Gasteiger partial charge in [-0.15, -0.1) is 35.7 Å². The van der Waals surface area contributed by atoms with Crippen molar-refractivity contribution in [2.45, 2.75) is 24.9 Å². The molecular weight excluding hydrogens is 483 g/mol. The quantitative estimate of drug-likeness (QED) is 0.203. The number of H-pyrrole nitrogens is 1. The number of guanidine groups is 1. The van der Waals surface area contributed by atoms with Crippen molar-refractivity contribution >= 4 is 41.7 Å². The molecular formula is C20H25IN6S. The molecule has 8 heteroatoms. The number of rotatable bonds is 6. The first-order valence-corrected chi connectivity index (χ1v) is 9.95. The lowest BCUT2D eigenvalue weighted by atomic mass is 10.1. The predicted molar refractivity (Wildman–Crippen MR) is 127 cm³/mol. The average Bonchev–Trinajstić information content (AvgIpc) is 3.24. The number of hydrogen-bond acceptors (Lipinski definition) is 4. The minimum Gasteiger partial charge on any atom is -0.352 e. The Balaban J connectivity index is 0.00000280. The number of benzene rings is 2. The zero-order valence-corrected chi connectivity index (χ0v) is 19.3. The highest BCUT2D eigenvalue weighted by Gasteiger charge is 2.05. The van der Waals surface area contributed by atoms with Gasteiger partial charge in [0.1, 0.15) is 6.33 Å². The Hall–Kier alpha value is -2.07. The molecule has 0 aliphatic carbocycles. The van der Waals surface area contributed by atoms with Gasteiger partial charge >= 0.3 is 0 Å². The van der Waals surface area contributed by atoms with Crippen LogP contribution in [0.3, 0.4) is 0 Å².